The van der Waals surface area contributed by atoms with Gasteiger partial charge in [0.1, 0.15) is 5.15 Å². The van der Waals surface area contributed by atoms with Gasteiger partial charge in [-0.2, -0.15) is 5.10 Å². The number of esters is 1. The van der Waals surface area contributed by atoms with Crippen molar-refractivity contribution in [2.24, 2.45) is 0 Å². The standard InChI is InChI=1S/C21H20ClN3O3/c1-3-28-21(27)16-10-7-11-17(12-16)23-20(26)18-14(2)24-25(19(18)22)13-15-8-5-4-6-9-15/h4-12H,3,13H2,1-2H3,(H,23,26). The van der Waals surface area contributed by atoms with Gasteiger partial charge >= 0.3 is 5.97 Å². The van der Waals surface area contributed by atoms with Crippen LogP contribution < -0.4 is 5.32 Å². The molecule has 1 heterocycles. The molecular formula is C21H20ClN3O3. The third-order valence-corrected chi connectivity index (χ3v) is 4.48. The average molecular weight is 398 g/mol. The van der Waals surface area contributed by atoms with Crippen molar-refractivity contribution >= 4 is 29.2 Å². The van der Waals surface area contributed by atoms with Gasteiger partial charge in [-0.1, -0.05) is 48.0 Å². The Morgan fingerprint density at radius 3 is 2.61 bits per heavy atom. The maximum Gasteiger partial charge on any atom is 0.338 e. The third kappa shape index (κ3) is 4.40. The number of hydrogen-bond acceptors (Lipinski definition) is 4. The van der Waals surface area contributed by atoms with E-state index in [4.69, 9.17) is 16.3 Å². The van der Waals surface area contributed by atoms with Gasteiger partial charge in [0.2, 0.25) is 0 Å². The monoisotopic (exact) mass is 397 g/mol. The van der Waals surface area contributed by atoms with E-state index in [1.165, 1.54) is 0 Å². The molecule has 0 aliphatic heterocycles. The van der Waals surface area contributed by atoms with E-state index in [9.17, 15) is 9.59 Å². The lowest BCUT2D eigenvalue weighted by molar-refractivity contribution is 0.0526. The summed E-state index contributed by atoms with van der Waals surface area (Å²) in [5.74, 6) is -0.827. The molecule has 1 amide bonds. The van der Waals surface area contributed by atoms with Crippen molar-refractivity contribution in [2.75, 3.05) is 11.9 Å². The van der Waals surface area contributed by atoms with Gasteiger partial charge in [0.15, 0.2) is 0 Å². The van der Waals surface area contributed by atoms with E-state index in [0.29, 0.717) is 29.1 Å². The summed E-state index contributed by atoms with van der Waals surface area (Å²) >= 11 is 6.43. The molecular weight excluding hydrogens is 378 g/mol. The van der Waals surface area contributed by atoms with Crippen molar-refractivity contribution in [3.05, 3.63) is 82.1 Å². The van der Waals surface area contributed by atoms with Crippen LogP contribution in [-0.2, 0) is 11.3 Å². The van der Waals surface area contributed by atoms with Gasteiger partial charge < -0.3 is 10.1 Å². The fraction of sp³-hybridized carbons (Fsp3) is 0.190. The fourth-order valence-corrected chi connectivity index (χ4v) is 3.12. The van der Waals surface area contributed by atoms with Crippen molar-refractivity contribution in [3.8, 4) is 0 Å². The number of anilines is 1. The normalized spacial score (nSPS) is 10.5. The molecule has 6 nitrogen and oxygen atoms in total. The van der Waals surface area contributed by atoms with Gasteiger partial charge in [-0.25, -0.2) is 9.48 Å². The summed E-state index contributed by atoms with van der Waals surface area (Å²) in [6.07, 6.45) is 0. The van der Waals surface area contributed by atoms with E-state index in [0.717, 1.165) is 5.56 Å². The zero-order valence-corrected chi connectivity index (χ0v) is 16.4. The molecule has 2 aromatic carbocycles. The molecule has 0 radical (unpaired) electrons. The third-order valence-electron chi connectivity index (χ3n) is 4.10. The zero-order valence-electron chi connectivity index (χ0n) is 15.6. The lowest BCUT2D eigenvalue weighted by Gasteiger charge is -2.08. The topological polar surface area (TPSA) is 73.2 Å². The molecule has 3 rings (SSSR count). The second kappa shape index (κ2) is 8.71. The lowest BCUT2D eigenvalue weighted by Crippen LogP contribution is -2.14. The highest BCUT2D eigenvalue weighted by molar-refractivity contribution is 6.33. The number of aryl methyl sites for hydroxylation is 1. The van der Waals surface area contributed by atoms with E-state index in [-0.39, 0.29) is 17.7 Å². The SMILES string of the molecule is CCOC(=O)c1cccc(NC(=O)c2c(C)nn(Cc3ccccc3)c2Cl)c1. The molecule has 0 saturated carbocycles. The van der Waals surface area contributed by atoms with Gasteiger partial charge in [-0.05, 0) is 37.6 Å². The maximum atomic E-state index is 12.8. The summed E-state index contributed by atoms with van der Waals surface area (Å²) in [5, 5.41) is 7.42. The molecule has 28 heavy (non-hydrogen) atoms. The van der Waals surface area contributed by atoms with Crippen LogP contribution in [0.3, 0.4) is 0 Å². The molecule has 1 N–H and O–H groups in total. The van der Waals surface area contributed by atoms with E-state index in [2.05, 4.69) is 10.4 Å². The molecule has 0 saturated heterocycles. The van der Waals surface area contributed by atoms with Crippen molar-refractivity contribution in [1.29, 1.82) is 0 Å². The number of halogens is 1. The minimum absolute atomic E-state index is 0.264. The molecule has 0 aliphatic carbocycles. The first-order valence-electron chi connectivity index (χ1n) is 8.85. The second-order valence-corrected chi connectivity index (χ2v) is 6.51. The molecule has 1 aromatic heterocycles. The van der Waals surface area contributed by atoms with Crippen LogP contribution in [0.25, 0.3) is 0 Å². The smallest absolute Gasteiger partial charge is 0.338 e. The summed E-state index contributed by atoms with van der Waals surface area (Å²) in [7, 11) is 0. The Kier molecular flexibility index (Phi) is 6.11. The fourth-order valence-electron chi connectivity index (χ4n) is 2.80. The number of hydrogen-bond donors (Lipinski definition) is 1. The highest BCUT2D eigenvalue weighted by Gasteiger charge is 2.21. The Morgan fingerprint density at radius 1 is 1.14 bits per heavy atom. The maximum absolute atomic E-state index is 12.8. The zero-order chi connectivity index (χ0) is 20.1. The van der Waals surface area contributed by atoms with Crippen LogP contribution in [0.5, 0.6) is 0 Å². The summed E-state index contributed by atoms with van der Waals surface area (Å²) in [6.45, 7) is 4.22. The number of ether oxygens (including phenoxy) is 1. The van der Waals surface area contributed by atoms with E-state index in [1.54, 1.807) is 42.8 Å². The quantitative estimate of drug-likeness (QED) is 0.628. The van der Waals surface area contributed by atoms with Gasteiger partial charge in [-0.15, -0.1) is 0 Å². The molecule has 0 unspecified atom stereocenters. The van der Waals surface area contributed by atoms with Crippen LogP contribution >= 0.6 is 11.6 Å². The Bertz CT molecular complexity index is 999. The minimum atomic E-state index is -0.441. The van der Waals surface area contributed by atoms with Crippen molar-refractivity contribution in [1.82, 2.24) is 9.78 Å². The molecule has 0 aliphatic rings. The molecule has 7 heteroatoms. The first-order valence-corrected chi connectivity index (χ1v) is 9.22. The predicted octanol–water partition coefficient (Wildman–Crippen LogP) is 4.32. The van der Waals surface area contributed by atoms with Crippen LogP contribution in [0, 0.1) is 6.92 Å². The van der Waals surface area contributed by atoms with Gasteiger partial charge in [0.05, 0.1) is 30.0 Å². The molecule has 0 bridgehead atoms. The van der Waals surface area contributed by atoms with Crippen molar-refractivity contribution < 1.29 is 14.3 Å². The van der Waals surface area contributed by atoms with Crippen LogP contribution in [0.2, 0.25) is 5.15 Å². The summed E-state index contributed by atoms with van der Waals surface area (Å²) in [5.41, 5.74) is 2.70. The molecule has 0 atom stereocenters. The highest BCUT2D eigenvalue weighted by Crippen LogP contribution is 2.23. The predicted molar refractivity (Wildman–Crippen MR) is 108 cm³/mol. The first-order chi connectivity index (χ1) is 13.5. The average Bonchev–Trinajstić information content (AvgIpc) is 2.96. The van der Waals surface area contributed by atoms with Gasteiger partial charge in [0, 0.05) is 5.69 Å². The van der Waals surface area contributed by atoms with E-state index in [1.807, 2.05) is 30.3 Å². The van der Waals surface area contributed by atoms with E-state index < -0.39 is 5.97 Å². The lowest BCUT2D eigenvalue weighted by atomic mass is 10.2. The number of aromatic nitrogens is 2. The number of amides is 1. The molecule has 0 fully saturated rings. The Labute approximate surface area is 168 Å². The summed E-state index contributed by atoms with van der Waals surface area (Å²) < 4.78 is 6.58. The van der Waals surface area contributed by atoms with Crippen LogP contribution in [0.15, 0.2) is 54.6 Å². The number of carbonyl (C=O) groups excluding carboxylic acids is 2. The number of rotatable bonds is 6. The van der Waals surface area contributed by atoms with Gasteiger partial charge in [0.25, 0.3) is 5.91 Å². The number of nitrogens with zero attached hydrogens (tertiary/aromatic N) is 2. The molecule has 0 spiro atoms. The largest absolute Gasteiger partial charge is 0.462 e. The van der Waals surface area contributed by atoms with Crippen LogP contribution in [0.4, 0.5) is 5.69 Å². The number of carbonyl (C=O) groups is 2. The first kappa shape index (κ1) is 19.6. The molecule has 144 valence electrons. The summed E-state index contributed by atoms with van der Waals surface area (Å²) in [4.78, 5) is 24.6. The Balaban J connectivity index is 1.80. The molecule has 3 aromatic rings. The number of nitrogens with one attached hydrogen (secondary N) is 1. The number of benzene rings is 2. The summed E-state index contributed by atoms with van der Waals surface area (Å²) in [6, 6.07) is 16.3. The Morgan fingerprint density at radius 2 is 1.89 bits per heavy atom. The van der Waals surface area contributed by atoms with E-state index >= 15 is 0 Å². The van der Waals surface area contributed by atoms with Crippen LogP contribution in [-0.4, -0.2) is 28.3 Å². The van der Waals surface area contributed by atoms with Gasteiger partial charge in [-0.3, -0.25) is 4.79 Å². The van der Waals surface area contributed by atoms with Crippen molar-refractivity contribution in [2.45, 2.75) is 20.4 Å². The van der Waals surface area contributed by atoms with Crippen LogP contribution in [0.1, 0.15) is 38.9 Å². The van der Waals surface area contributed by atoms with Crippen molar-refractivity contribution in [3.63, 3.8) is 0 Å². The minimum Gasteiger partial charge on any atom is -0.462 e. The highest BCUT2D eigenvalue weighted by atomic mass is 35.5. The second-order valence-electron chi connectivity index (χ2n) is 6.15. The Hall–Kier alpha value is -3.12.